The van der Waals surface area contributed by atoms with Crippen LogP contribution in [0, 0.1) is 0 Å². The van der Waals surface area contributed by atoms with E-state index in [2.05, 4.69) is 10.3 Å². The van der Waals surface area contributed by atoms with E-state index >= 15 is 0 Å². The van der Waals surface area contributed by atoms with E-state index in [4.69, 9.17) is 4.42 Å². The highest BCUT2D eigenvalue weighted by atomic mass is 16.3. The molecule has 19 heavy (non-hydrogen) atoms. The third-order valence-corrected chi connectivity index (χ3v) is 3.32. The maximum Gasteiger partial charge on any atom is 0.242 e. The summed E-state index contributed by atoms with van der Waals surface area (Å²) in [6, 6.07) is 5.77. The molecule has 0 bridgehead atoms. The summed E-state index contributed by atoms with van der Waals surface area (Å²) in [4.78, 5) is 18.0. The van der Waals surface area contributed by atoms with Crippen LogP contribution in [-0.2, 0) is 11.3 Å². The van der Waals surface area contributed by atoms with Gasteiger partial charge in [-0.2, -0.15) is 0 Å². The number of rotatable bonds is 4. The minimum absolute atomic E-state index is 0.0488. The summed E-state index contributed by atoms with van der Waals surface area (Å²) in [5, 5.41) is 3.01. The van der Waals surface area contributed by atoms with Gasteiger partial charge >= 0.3 is 0 Å². The Balaban J connectivity index is 2.14. The Bertz CT molecular complexity index is 589. The molecule has 0 aliphatic carbocycles. The summed E-state index contributed by atoms with van der Waals surface area (Å²) in [7, 11) is 3.58. The fourth-order valence-electron chi connectivity index (χ4n) is 1.93. The SMILES string of the molecule is CNC(C)(C)C(=O)N(C)Cc1ccc2ncoc2c1. The van der Waals surface area contributed by atoms with E-state index in [0.717, 1.165) is 16.7 Å². The first kappa shape index (κ1) is 13.5. The number of carbonyl (C=O) groups is 1. The molecular formula is C14H19N3O2. The van der Waals surface area contributed by atoms with Gasteiger partial charge < -0.3 is 14.6 Å². The number of hydrogen-bond donors (Lipinski definition) is 1. The lowest BCUT2D eigenvalue weighted by Gasteiger charge is -2.29. The van der Waals surface area contributed by atoms with Crippen LogP contribution in [0.3, 0.4) is 0 Å². The summed E-state index contributed by atoms with van der Waals surface area (Å²) in [5.41, 5.74) is 2.02. The number of likely N-dealkylation sites (N-methyl/N-ethyl adjacent to an activating group) is 2. The number of nitrogens with one attached hydrogen (secondary N) is 1. The number of oxazole rings is 1. The Kier molecular flexibility index (Phi) is 3.57. The second kappa shape index (κ2) is 5.01. The van der Waals surface area contributed by atoms with Crippen LogP contribution in [0.4, 0.5) is 0 Å². The largest absolute Gasteiger partial charge is 0.443 e. The van der Waals surface area contributed by atoms with Gasteiger partial charge in [-0.3, -0.25) is 4.79 Å². The van der Waals surface area contributed by atoms with Crippen LogP contribution in [0.15, 0.2) is 29.0 Å². The third-order valence-electron chi connectivity index (χ3n) is 3.32. The van der Waals surface area contributed by atoms with Gasteiger partial charge in [-0.15, -0.1) is 0 Å². The molecule has 2 aromatic rings. The van der Waals surface area contributed by atoms with Crippen LogP contribution in [0.5, 0.6) is 0 Å². The lowest BCUT2D eigenvalue weighted by atomic mass is 10.0. The Morgan fingerprint density at radius 2 is 2.21 bits per heavy atom. The number of benzene rings is 1. The smallest absolute Gasteiger partial charge is 0.242 e. The minimum atomic E-state index is -0.564. The summed E-state index contributed by atoms with van der Waals surface area (Å²) < 4.78 is 5.26. The van der Waals surface area contributed by atoms with E-state index in [9.17, 15) is 4.79 Å². The molecule has 102 valence electrons. The molecule has 0 radical (unpaired) electrons. The Morgan fingerprint density at radius 1 is 1.47 bits per heavy atom. The summed E-state index contributed by atoms with van der Waals surface area (Å²) in [6.45, 7) is 4.28. The predicted molar refractivity (Wildman–Crippen MR) is 73.6 cm³/mol. The van der Waals surface area contributed by atoms with Crippen molar-refractivity contribution in [2.24, 2.45) is 0 Å². The maximum absolute atomic E-state index is 12.2. The molecule has 1 heterocycles. The first-order valence-electron chi connectivity index (χ1n) is 6.20. The molecule has 2 rings (SSSR count). The second-order valence-electron chi connectivity index (χ2n) is 5.19. The monoisotopic (exact) mass is 261 g/mol. The quantitative estimate of drug-likeness (QED) is 0.911. The van der Waals surface area contributed by atoms with Crippen molar-refractivity contribution in [3.8, 4) is 0 Å². The lowest BCUT2D eigenvalue weighted by Crippen LogP contribution is -2.51. The van der Waals surface area contributed by atoms with E-state index < -0.39 is 5.54 Å². The van der Waals surface area contributed by atoms with E-state index in [1.54, 1.807) is 19.0 Å². The Hall–Kier alpha value is -1.88. The van der Waals surface area contributed by atoms with Gasteiger partial charge in [0.25, 0.3) is 0 Å². The zero-order chi connectivity index (χ0) is 14.0. The molecular weight excluding hydrogens is 242 g/mol. The van der Waals surface area contributed by atoms with Crippen molar-refractivity contribution in [1.82, 2.24) is 15.2 Å². The molecule has 0 unspecified atom stereocenters. The van der Waals surface area contributed by atoms with E-state index in [-0.39, 0.29) is 5.91 Å². The normalized spacial score (nSPS) is 11.8. The van der Waals surface area contributed by atoms with Crippen LogP contribution in [0.1, 0.15) is 19.4 Å². The number of fused-ring (bicyclic) bond motifs is 1. The zero-order valence-corrected chi connectivity index (χ0v) is 11.7. The average molecular weight is 261 g/mol. The van der Waals surface area contributed by atoms with Gasteiger partial charge in [0.2, 0.25) is 5.91 Å². The van der Waals surface area contributed by atoms with Gasteiger partial charge in [0.05, 0.1) is 5.54 Å². The van der Waals surface area contributed by atoms with Crippen molar-refractivity contribution < 1.29 is 9.21 Å². The standard InChI is InChI=1S/C14H19N3O2/c1-14(2,15-3)13(18)17(4)8-10-5-6-11-12(7-10)19-9-16-11/h5-7,9,15H,8H2,1-4H3. The molecule has 1 aromatic heterocycles. The molecule has 5 heteroatoms. The predicted octanol–water partition coefficient (Wildman–Crippen LogP) is 1.78. The van der Waals surface area contributed by atoms with E-state index in [0.29, 0.717) is 6.54 Å². The van der Waals surface area contributed by atoms with Crippen molar-refractivity contribution >= 4 is 17.0 Å². The molecule has 1 aromatic carbocycles. The second-order valence-corrected chi connectivity index (χ2v) is 5.19. The minimum Gasteiger partial charge on any atom is -0.443 e. The van der Waals surface area contributed by atoms with Gasteiger partial charge in [0.15, 0.2) is 12.0 Å². The molecule has 0 saturated heterocycles. The first-order chi connectivity index (χ1) is 8.94. The molecule has 0 aliphatic rings. The molecule has 0 aliphatic heterocycles. The molecule has 0 spiro atoms. The average Bonchev–Trinajstić information content (AvgIpc) is 2.85. The van der Waals surface area contributed by atoms with Gasteiger partial charge in [0, 0.05) is 13.6 Å². The number of aromatic nitrogens is 1. The highest BCUT2D eigenvalue weighted by Crippen LogP contribution is 2.16. The van der Waals surface area contributed by atoms with Crippen molar-refractivity contribution in [1.29, 1.82) is 0 Å². The fraction of sp³-hybridized carbons (Fsp3) is 0.429. The lowest BCUT2D eigenvalue weighted by molar-refractivity contribution is -0.136. The summed E-state index contributed by atoms with van der Waals surface area (Å²) >= 11 is 0. The van der Waals surface area contributed by atoms with Crippen molar-refractivity contribution in [3.63, 3.8) is 0 Å². The third kappa shape index (κ3) is 2.76. The van der Waals surface area contributed by atoms with Gasteiger partial charge in [0.1, 0.15) is 5.52 Å². The molecule has 1 amide bonds. The van der Waals surface area contributed by atoms with Crippen LogP contribution >= 0.6 is 0 Å². The molecule has 0 saturated carbocycles. The van der Waals surface area contributed by atoms with Gasteiger partial charge in [-0.05, 0) is 38.6 Å². The highest BCUT2D eigenvalue weighted by molar-refractivity contribution is 5.85. The maximum atomic E-state index is 12.2. The Morgan fingerprint density at radius 3 is 2.89 bits per heavy atom. The van der Waals surface area contributed by atoms with Crippen molar-refractivity contribution in [2.45, 2.75) is 25.9 Å². The number of nitrogens with zero attached hydrogens (tertiary/aromatic N) is 2. The van der Waals surface area contributed by atoms with E-state index in [1.165, 1.54) is 6.39 Å². The van der Waals surface area contributed by atoms with Crippen molar-refractivity contribution in [2.75, 3.05) is 14.1 Å². The fourth-order valence-corrected chi connectivity index (χ4v) is 1.93. The topological polar surface area (TPSA) is 58.4 Å². The van der Waals surface area contributed by atoms with Crippen LogP contribution in [-0.4, -0.2) is 35.4 Å². The van der Waals surface area contributed by atoms with E-state index in [1.807, 2.05) is 32.0 Å². The highest BCUT2D eigenvalue weighted by Gasteiger charge is 2.28. The molecule has 1 N–H and O–H groups in total. The summed E-state index contributed by atoms with van der Waals surface area (Å²) in [6.07, 6.45) is 1.42. The van der Waals surface area contributed by atoms with Crippen LogP contribution in [0.25, 0.3) is 11.1 Å². The number of carbonyl (C=O) groups excluding carboxylic acids is 1. The van der Waals surface area contributed by atoms with Crippen LogP contribution in [0.2, 0.25) is 0 Å². The van der Waals surface area contributed by atoms with Crippen LogP contribution < -0.4 is 5.32 Å². The molecule has 0 atom stereocenters. The van der Waals surface area contributed by atoms with Crippen molar-refractivity contribution in [3.05, 3.63) is 30.2 Å². The first-order valence-corrected chi connectivity index (χ1v) is 6.20. The van der Waals surface area contributed by atoms with Gasteiger partial charge in [-0.1, -0.05) is 6.07 Å². The molecule has 5 nitrogen and oxygen atoms in total. The van der Waals surface area contributed by atoms with Gasteiger partial charge in [-0.25, -0.2) is 4.98 Å². The molecule has 0 fully saturated rings. The summed E-state index contributed by atoms with van der Waals surface area (Å²) in [5.74, 6) is 0.0488. The zero-order valence-electron chi connectivity index (χ0n) is 11.7. The number of amides is 1. The Labute approximate surface area is 112 Å². The number of hydrogen-bond acceptors (Lipinski definition) is 4.